The first kappa shape index (κ1) is 11.9. The molecule has 0 bridgehead atoms. The first-order valence-corrected chi connectivity index (χ1v) is 5.58. The lowest BCUT2D eigenvalue weighted by molar-refractivity contribution is 0.293. The van der Waals surface area contributed by atoms with Gasteiger partial charge in [-0.15, -0.1) is 0 Å². The molecule has 0 saturated carbocycles. The van der Waals surface area contributed by atoms with Crippen LogP contribution in [0.5, 0.6) is 5.88 Å². The van der Waals surface area contributed by atoms with E-state index in [9.17, 15) is 0 Å². The van der Waals surface area contributed by atoms with Crippen LogP contribution in [0, 0.1) is 11.3 Å². The Balaban J connectivity index is 2.06. The molecule has 0 atom stereocenters. The fourth-order valence-electron chi connectivity index (χ4n) is 1.52. The van der Waals surface area contributed by atoms with Gasteiger partial charge in [-0.05, 0) is 11.6 Å². The summed E-state index contributed by atoms with van der Waals surface area (Å²) in [5.74, 6) is 0.485. The summed E-state index contributed by atoms with van der Waals surface area (Å²) in [6, 6.07) is 15.3. The van der Waals surface area contributed by atoms with Crippen LogP contribution in [0.25, 0.3) is 0 Å². The van der Waals surface area contributed by atoms with Gasteiger partial charge in [-0.1, -0.05) is 30.3 Å². The standard InChI is InChI=1S/C14H13N3O/c15-9-8-13-12(16)6-7-14(17-13)18-10-11-4-2-1-3-5-11/h1-7H,8,10,16H2. The lowest BCUT2D eigenvalue weighted by Crippen LogP contribution is -2.02. The predicted octanol–water partition coefficient (Wildman–Crippen LogP) is 2.31. The number of hydrogen-bond acceptors (Lipinski definition) is 4. The normalized spacial score (nSPS) is 9.72. The van der Waals surface area contributed by atoms with Crippen molar-refractivity contribution in [1.29, 1.82) is 5.26 Å². The fourth-order valence-corrected chi connectivity index (χ4v) is 1.52. The SMILES string of the molecule is N#CCc1nc(OCc2ccccc2)ccc1N. The van der Waals surface area contributed by atoms with Crippen LogP contribution in [0.3, 0.4) is 0 Å². The van der Waals surface area contributed by atoms with E-state index in [1.54, 1.807) is 12.1 Å². The van der Waals surface area contributed by atoms with E-state index < -0.39 is 0 Å². The number of nitrogens with two attached hydrogens (primary N) is 1. The summed E-state index contributed by atoms with van der Waals surface area (Å²) in [5, 5.41) is 8.66. The van der Waals surface area contributed by atoms with Crippen LogP contribution in [0.1, 0.15) is 11.3 Å². The van der Waals surface area contributed by atoms with Gasteiger partial charge in [0.25, 0.3) is 0 Å². The van der Waals surface area contributed by atoms with Gasteiger partial charge in [0.05, 0.1) is 23.9 Å². The summed E-state index contributed by atoms with van der Waals surface area (Å²) in [4.78, 5) is 4.21. The Morgan fingerprint density at radius 2 is 1.94 bits per heavy atom. The maximum absolute atomic E-state index is 8.66. The molecule has 1 heterocycles. The van der Waals surface area contributed by atoms with Gasteiger partial charge in [0.1, 0.15) is 6.61 Å². The molecule has 2 N–H and O–H groups in total. The Morgan fingerprint density at radius 1 is 1.17 bits per heavy atom. The molecule has 90 valence electrons. The summed E-state index contributed by atoms with van der Waals surface area (Å²) in [7, 11) is 0. The minimum atomic E-state index is 0.189. The average molecular weight is 239 g/mol. The molecule has 0 aliphatic heterocycles. The van der Waals surface area contributed by atoms with E-state index in [1.165, 1.54) is 0 Å². The van der Waals surface area contributed by atoms with Crippen molar-refractivity contribution in [2.75, 3.05) is 5.73 Å². The molecule has 0 aliphatic rings. The number of anilines is 1. The molecule has 1 aromatic heterocycles. The average Bonchev–Trinajstić information content (AvgIpc) is 2.41. The number of rotatable bonds is 4. The number of benzene rings is 1. The van der Waals surface area contributed by atoms with Crippen LogP contribution in [-0.2, 0) is 13.0 Å². The monoisotopic (exact) mass is 239 g/mol. The summed E-state index contributed by atoms with van der Waals surface area (Å²) in [5.41, 5.74) is 7.86. The van der Waals surface area contributed by atoms with Gasteiger partial charge in [0.2, 0.25) is 5.88 Å². The molecule has 0 fully saturated rings. The molecule has 0 unspecified atom stereocenters. The van der Waals surface area contributed by atoms with Crippen molar-refractivity contribution in [2.24, 2.45) is 0 Å². The minimum Gasteiger partial charge on any atom is -0.473 e. The van der Waals surface area contributed by atoms with Crippen LogP contribution in [0.4, 0.5) is 5.69 Å². The molecule has 0 radical (unpaired) electrons. The zero-order valence-corrected chi connectivity index (χ0v) is 9.84. The van der Waals surface area contributed by atoms with Crippen LogP contribution in [0.2, 0.25) is 0 Å². The Bertz CT molecular complexity index is 561. The van der Waals surface area contributed by atoms with Gasteiger partial charge in [-0.25, -0.2) is 4.98 Å². The van der Waals surface area contributed by atoms with Gasteiger partial charge in [-0.2, -0.15) is 5.26 Å². The fraction of sp³-hybridized carbons (Fsp3) is 0.143. The van der Waals surface area contributed by atoms with Crippen molar-refractivity contribution in [3.8, 4) is 11.9 Å². The zero-order chi connectivity index (χ0) is 12.8. The molecule has 1 aromatic carbocycles. The van der Waals surface area contributed by atoms with E-state index in [0.717, 1.165) is 5.56 Å². The summed E-state index contributed by atoms with van der Waals surface area (Å²) in [6.07, 6.45) is 0.189. The number of nitrogen functional groups attached to an aromatic ring is 1. The molecular formula is C14H13N3O. The Kier molecular flexibility index (Phi) is 3.77. The Morgan fingerprint density at radius 3 is 2.67 bits per heavy atom. The molecule has 0 amide bonds. The van der Waals surface area contributed by atoms with E-state index in [2.05, 4.69) is 4.98 Å². The van der Waals surface area contributed by atoms with Crippen molar-refractivity contribution >= 4 is 5.69 Å². The van der Waals surface area contributed by atoms with Crippen LogP contribution in [-0.4, -0.2) is 4.98 Å². The maximum Gasteiger partial charge on any atom is 0.213 e. The third-order valence-corrected chi connectivity index (χ3v) is 2.46. The van der Waals surface area contributed by atoms with Crippen molar-refractivity contribution in [2.45, 2.75) is 13.0 Å². The number of nitriles is 1. The lowest BCUT2D eigenvalue weighted by Gasteiger charge is -2.07. The van der Waals surface area contributed by atoms with Crippen molar-refractivity contribution < 1.29 is 4.74 Å². The van der Waals surface area contributed by atoms with Crippen molar-refractivity contribution in [3.63, 3.8) is 0 Å². The molecule has 18 heavy (non-hydrogen) atoms. The van der Waals surface area contributed by atoms with Gasteiger partial charge >= 0.3 is 0 Å². The van der Waals surface area contributed by atoms with E-state index in [4.69, 9.17) is 15.7 Å². The third kappa shape index (κ3) is 2.98. The maximum atomic E-state index is 8.66. The van der Waals surface area contributed by atoms with Gasteiger partial charge < -0.3 is 10.5 Å². The molecule has 4 nitrogen and oxygen atoms in total. The van der Waals surface area contributed by atoms with Gasteiger partial charge in [0, 0.05) is 6.07 Å². The molecule has 2 rings (SSSR count). The highest BCUT2D eigenvalue weighted by Crippen LogP contribution is 2.16. The van der Waals surface area contributed by atoms with Gasteiger partial charge in [-0.3, -0.25) is 0 Å². The topological polar surface area (TPSA) is 71.9 Å². The first-order valence-electron chi connectivity index (χ1n) is 5.58. The largest absolute Gasteiger partial charge is 0.473 e. The van der Waals surface area contributed by atoms with Crippen LogP contribution in [0.15, 0.2) is 42.5 Å². The van der Waals surface area contributed by atoms with E-state index in [0.29, 0.717) is 23.9 Å². The molecule has 0 aliphatic carbocycles. The summed E-state index contributed by atoms with van der Waals surface area (Å²) < 4.78 is 5.56. The highest BCUT2D eigenvalue weighted by atomic mass is 16.5. The highest BCUT2D eigenvalue weighted by Gasteiger charge is 2.03. The number of pyridine rings is 1. The Hall–Kier alpha value is -2.54. The molecule has 0 spiro atoms. The number of aromatic nitrogens is 1. The highest BCUT2D eigenvalue weighted by molar-refractivity contribution is 5.45. The molecule has 4 heteroatoms. The summed E-state index contributed by atoms with van der Waals surface area (Å²) >= 11 is 0. The van der Waals surface area contributed by atoms with Crippen LogP contribution >= 0.6 is 0 Å². The zero-order valence-electron chi connectivity index (χ0n) is 9.84. The second-order valence-electron chi connectivity index (χ2n) is 3.79. The number of hydrogen-bond donors (Lipinski definition) is 1. The lowest BCUT2D eigenvalue weighted by atomic mass is 10.2. The third-order valence-electron chi connectivity index (χ3n) is 2.46. The molecule has 0 saturated heterocycles. The number of nitrogens with zero attached hydrogens (tertiary/aromatic N) is 2. The quantitative estimate of drug-likeness (QED) is 0.888. The first-order chi connectivity index (χ1) is 8.79. The van der Waals surface area contributed by atoms with Gasteiger partial charge in [0.15, 0.2) is 0 Å². The molecular weight excluding hydrogens is 226 g/mol. The number of ether oxygens (including phenoxy) is 1. The predicted molar refractivity (Wildman–Crippen MR) is 68.7 cm³/mol. The van der Waals surface area contributed by atoms with E-state index in [1.807, 2.05) is 36.4 Å². The van der Waals surface area contributed by atoms with Crippen LogP contribution < -0.4 is 10.5 Å². The summed E-state index contributed by atoms with van der Waals surface area (Å²) in [6.45, 7) is 0.448. The Labute approximate surface area is 106 Å². The van der Waals surface area contributed by atoms with E-state index >= 15 is 0 Å². The van der Waals surface area contributed by atoms with Crippen molar-refractivity contribution in [1.82, 2.24) is 4.98 Å². The second kappa shape index (κ2) is 5.69. The smallest absolute Gasteiger partial charge is 0.213 e. The molecule has 2 aromatic rings. The van der Waals surface area contributed by atoms with E-state index in [-0.39, 0.29) is 6.42 Å². The second-order valence-corrected chi connectivity index (χ2v) is 3.79. The van der Waals surface area contributed by atoms with Crippen molar-refractivity contribution in [3.05, 3.63) is 53.7 Å². The minimum absolute atomic E-state index is 0.189.